The molecular weight excluding hydrogens is 356 g/mol. The van der Waals surface area contributed by atoms with E-state index >= 15 is 0 Å². The van der Waals surface area contributed by atoms with E-state index in [2.05, 4.69) is 83.5 Å². The minimum absolute atomic E-state index is 0.893. The van der Waals surface area contributed by atoms with Crippen LogP contribution in [0.15, 0.2) is 60.9 Å². The summed E-state index contributed by atoms with van der Waals surface area (Å²) in [5.41, 5.74) is 10.9. The molecule has 29 heavy (non-hydrogen) atoms. The van der Waals surface area contributed by atoms with Crippen LogP contribution in [-0.2, 0) is 13.5 Å². The maximum Gasteiger partial charge on any atom is 0.287 e. The third kappa shape index (κ3) is 2.17. The smallest absolute Gasteiger partial charge is 0.287 e. The van der Waals surface area contributed by atoms with Crippen LogP contribution in [0.1, 0.15) is 22.5 Å². The second kappa shape index (κ2) is 5.74. The van der Waals surface area contributed by atoms with Crippen LogP contribution in [0, 0.1) is 13.8 Å². The highest BCUT2D eigenvalue weighted by Crippen LogP contribution is 2.37. The summed E-state index contributed by atoms with van der Waals surface area (Å²) in [6, 6.07) is 19.3. The number of hydrogen-bond acceptors (Lipinski definition) is 2. The zero-order chi connectivity index (χ0) is 19.7. The van der Waals surface area contributed by atoms with Crippen molar-refractivity contribution in [2.24, 2.45) is 7.05 Å². The molecule has 0 amide bonds. The van der Waals surface area contributed by atoms with E-state index < -0.39 is 0 Å². The fourth-order valence-electron chi connectivity index (χ4n) is 4.71. The van der Waals surface area contributed by atoms with Gasteiger partial charge in [0.15, 0.2) is 5.52 Å². The number of nitrogens with zero attached hydrogens (tertiary/aromatic N) is 4. The number of fused-ring (bicyclic) bond motifs is 6. The molecule has 0 saturated heterocycles. The molecule has 0 aliphatic carbocycles. The van der Waals surface area contributed by atoms with Gasteiger partial charge in [-0.05, 0) is 59.8 Å². The number of imidazole rings is 1. The summed E-state index contributed by atoms with van der Waals surface area (Å²) in [4.78, 5) is 9.64. The largest absolute Gasteiger partial charge is 0.296 e. The highest BCUT2D eigenvalue weighted by atomic mass is 15.1. The average Bonchev–Trinajstić information content (AvgIpc) is 3.27. The van der Waals surface area contributed by atoms with Crippen molar-refractivity contribution < 1.29 is 4.57 Å². The lowest BCUT2D eigenvalue weighted by molar-refractivity contribution is -0.662. The van der Waals surface area contributed by atoms with Crippen LogP contribution in [0.5, 0.6) is 0 Å². The molecule has 0 fully saturated rings. The minimum Gasteiger partial charge on any atom is -0.296 e. The zero-order valence-corrected chi connectivity index (χ0v) is 16.8. The molecule has 140 valence electrons. The van der Waals surface area contributed by atoms with E-state index in [0.717, 1.165) is 23.3 Å². The standard InChI is InChI=1S/C25H21N4/c1-15-16(2)24-22(29-21-11-7-4-8-17(21)12-23(29)27-24)13-19(15)25-18-9-5-6-10-20(18)26-14-28(25)3/h4-11,13-14H,12H2,1-3H3/q+1. The number of aromatic nitrogens is 4. The van der Waals surface area contributed by atoms with Gasteiger partial charge in [0, 0.05) is 12.0 Å². The predicted octanol–water partition coefficient (Wildman–Crippen LogP) is 4.59. The van der Waals surface area contributed by atoms with E-state index in [1.54, 1.807) is 0 Å². The van der Waals surface area contributed by atoms with Crippen LogP contribution in [-0.4, -0.2) is 14.5 Å². The SMILES string of the molecule is Cc1c(-c2c3ccccc3nc[n+]2C)cc2c(nc3n2-c2ccccc2C3)c1C. The third-order valence-corrected chi connectivity index (χ3v) is 6.30. The Labute approximate surface area is 169 Å². The van der Waals surface area contributed by atoms with E-state index in [-0.39, 0.29) is 0 Å². The second-order valence-electron chi connectivity index (χ2n) is 7.93. The molecule has 4 nitrogen and oxygen atoms in total. The highest BCUT2D eigenvalue weighted by Gasteiger charge is 2.26. The van der Waals surface area contributed by atoms with Gasteiger partial charge in [-0.1, -0.05) is 30.3 Å². The van der Waals surface area contributed by atoms with Gasteiger partial charge in [0.05, 0.1) is 29.2 Å². The Hall–Kier alpha value is -3.53. The van der Waals surface area contributed by atoms with Crippen molar-refractivity contribution in [3.05, 3.63) is 83.4 Å². The molecule has 0 spiro atoms. The molecule has 3 aromatic carbocycles. The van der Waals surface area contributed by atoms with E-state index in [1.165, 1.54) is 44.5 Å². The molecule has 4 heteroatoms. The van der Waals surface area contributed by atoms with Crippen LogP contribution in [0.2, 0.25) is 0 Å². The summed E-state index contributed by atoms with van der Waals surface area (Å²) < 4.78 is 4.47. The van der Waals surface area contributed by atoms with Crippen LogP contribution in [0.3, 0.4) is 0 Å². The predicted molar refractivity (Wildman–Crippen MR) is 115 cm³/mol. The first-order chi connectivity index (χ1) is 14.1. The third-order valence-electron chi connectivity index (χ3n) is 6.30. The van der Waals surface area contributed by atoms with Gasteiger partial charge in [0.2, 0.25) is 0 Å². The minimum atomic E-state index is 0.893. The van der Waals surface area contributed by atoms with Gasteiger partial charge in [0.1, 0.15) is 11.5 Å². The fourth-order valence-corrected chi connectivity index (χ4v) is 4.71. The summed E-state index contributed by atoms with van der Waals surface area (Å²) in [5.74, 6) is 1.13. The van der Waals surface area contributed by atoms with Crippen molar-refractivity contribution in [2.75, 3.05) is 0 Å². The fraction of sp³-hybridized carbons (Fsp3) is 0.160. The van der Waals surface area contributed by atoms with Crippen LogP contribution in [0.4, 0.5) is 0 Å². The summed E-state index contributed by atoms with van der Waals surface area (Å²) in [6.07, 6.45) is 2.80. The number of hydrogen-bond donors (Lipinski definition) is 0. The highest BCUT2D eigenvalue weighted by molar-refractivity contribution is 5.96. The molecule has 1 aliphatic heterocycles. The van der Waals surface area contributed by atoms with E-state index in [0.29, 0.717) is 0 Å². The molecule has 3 heterocycles. The molecule has 0 N–H and O–H groups in total. The van der Waals surface area contributed by atoms with Gasteiger partial charge in [-0.15, -0.1) is 0 Å². The molecule has 5 aromatic rings. The number of para-hydroxylation sites is 2. The van der Waals surface area contributed by atoms with E-state index in [1.807, 2.05) is 12.4 Å². The maximum absolute atomic E-state index is 5.03. The van der Waals surface area contributed by atoms with Crippen LogP contribution >= 0.6 is 0 Å². The molecule has 6 rings (SSSR count). The summed E-state index contributed by atoms with van der Waals surface area (Å²) in [7, 11) is 2.07. The molecule has 1 aliphatic rings. The molecule has 0 unspecified atom stereocenters. The first-order valence-electron chi connectivity index (χ1n) is 9.97. The Kier molecular flexibility index (Phi) is 3.25. The van der Waals surface area contributed by atoms with E-state index in [4.69, 9.17) is 4.98 Å². The van der Waals surface area contributed by atoms with Gasteiger partial charge in [-0.25, -0.2) is 9.55 Å². The number of aryl methyl sites for hydroxylation is 2. The van der Waals surface area contributed by atoms with Gasteiger partial charge in [0.25, 0.3) is 6.33 Å². The topological polar surface area (TPSA) is 34.6 Å². The summed E-state index contributed by atoms with van der Waals surface area (Å²) in [5, 5.41) is 1.17. The lowest BCUT2D eigenvalue weighted by atomic mass is 9.96. The number of benzene rings is 3. The first-order valence-corrected chi connectivity index (χ1v) is 9.97. The normalized spacial score (nSPS) is 12.5. The summed E-state index contributed by atoms with van der Waals surface area (Å²) in [6.45, 7) is 4.40. The average molecular weight is 377 g/mol. The van der Waals surface area contributed by atoms with Gasteiger partial charge in [-0.3, -0.25) is 4.57 Å². The van der Waals surface area contributed by atoms with Gasteiger partial charge in [-0.2, -0.15) is 0 Å². The lowest BCUT2D eigenvalue weighted by Crippen LogP contribution is -2.31. The monoisotopic (exact) mass is 377 g/mol. The van der Waals surface area contributed by atoms with Crippen LogP contribution < -0.4 is 4.57 Å². The second-order valence-corrected chi connectivity index (χ2v) is 7.93. The quantitative estimate of drug-likeness (QED) is 0.393. The first kappa shape index (κ1) is 16.4. The van der Waals surface area contributed by atoms with Crippen molar-refractivity contribution >= 4 is 21.9 Å². The van der Waals surface area contributed by atoms with Crippen molar-refractivity contribution in [1.82, 2.24) is 14.5 Å². The molecule has 0 saturated carbocycles. The van der Waals surface area contributed by atoms with Crippen molar-refractivity contribution in [1.29, 1.82) is 0 Å². The Balaban J connectivity index is 1.73. The van der Waals surface area contributed by atoms with Gasteiger partial charge < -0.3 is 0 Å². The Bertz CT molecular complexity index is 1460. The molecular formula is C25H21N4+. The Morgan fingerprint density at radius 2 is 1.76 bits per heavy atom. The number of rotatable bonds is 1. The Morgan fingerprint density at radius 3 is 2.66 bits per heavy atom. The van der Waals surface area contributed by atoms with Crippen molar-refractivity contribution in [2.45, 2.75) is 20.3 Å². The summed E-state index contributed by atoms with van der Waals surface area (Å²) >= 11 is 0. The van der Waals surface area contributed by atoms with Crippen molar-refractivity contribution in [3.8, 4) is 16.9 Å². The maximum atomic E-state index is 5.03. The Morgan fingerprint density at radius 1 is 0.966 bits per heavy atom. The van der Waals surface area contributed by atoms with Crippen LogP contribution in [0.25, 0.3) is 38.9 Å². The molecule has 0 radical (unpaired) electrons. The zero-order valence-electron chi connectivity index (χ0n) is 16.8. The van der Waals surface area contributed by atoms with E-state index in [9.17, 15) is 0 Å². The van der Waals surface area contributed by atoms with Gasteiger partial charge >= 0.3 is 0 Å². The molecule has 2 aromatic heterocycles. The molecule has 0 bridgehead atoms. The lowest BCUT2D eigenvalue weighted by Gasteiger charge is -2.13. The molecule has 0 atom stereocenters. The van der Waals surface area contributed by atoms with Crippen molar-refractivity contribution in [3.63, 3.8) is 0 Å².